The van der Waals surface area contributed by atoms with Crippen molar-refractivity contribution in [2.24, 2.45) is 0 Å². The molecule has 0 fully saturated rings. The van der Waals surface area contributed by atoms with Gasteiger partial charge in [0.1, 0.15) is 5.52 Å². The molecule has 1 aliphatic rings. The van der Waals surface area contributed by atoms with Crippen LogP contribution in [0.25, 0.3) is 44.0 Å². The van der Waals surface area contributed by atoms with Crippen LogP contribution in [0.3, 0.4) is 0 Å². The van der Waals surface area contributed by atoms with Crippen LogP contribution in [-0.4, -0.2) is 20.4 Å². The quantitative estimate of drug-likeness (QED) is 0.285. The number of benzene rings is 4. The van der Waals surface area contributed by atoms with Crippen molar-refractivity contribution in [2.75, 3.05) is 0 Å². The first-order valence-corrected chi connectivity index (χ1v) is 11.5. The molecule has 0 radical (unpaired) electrons. The molecule has 0 atom stereocenters. The maximum atomic E-state index is 14.1. The fourth-order valence-electron chi connectivity index (χ4n) is 5.67. The second-order valence-corrected chi connectivity index (χ2v) is 9.47. The van der Waals surface area contributed by atoms with Crippen LogP contribution in [0.2, 0.25) is 0 Å². The summed E-state index contributed by atoms with van der Waals surface area (Å²) in [6.45, 7) is 4.56. The molecule has 162 valence electrons. The number of aromatic nitrogens is 3. The SMILES string of the molecule is CC1(C)c2ccccc2-c2cc3c(cc21)c1ccccc1n3C(=O)c1cccc2nccnc12. The van der Waals surface area contributed by atoms with E-state index in [1.54, 1.807) is 12.4 Å². The van der Waals surface area contributed by atoms with Crippen LogP contribution >= 0.6 is 0 Å². The highest BCUT2D eigenvalue weighted by molar-refractivity contribution is 6.19. The number of hydrogen-bond donors (Lipinski definition) is 0. The van der Waals surface area contributed by atoms with Gasteiger partial charge in [-0.1, -0.05) is 62.4 Å². The monoisotopic (exact) mass is 439 g/mol. The van der Waals surface area contributed by atoms with Crippen molar-refractivity contribution in [1.82, 2.24) is 14.5 Å². The van der Waals surface area contributed by atoms with Crippen LogP contribution in [-0.2, 0) is 5.41 Å². The molecule has 4 nitrogen and oxygen atoms in total. The first kappa shape index (κ1) is 19.2. The predicted octanol–water partition coefficient (Wildman–Crippen LogP) is 6.73. The zero-order chi connectivity index (χ0) is 23.0. The Kier molecular flexibility index (Phi) is 3.73. The second-order valence-electron chi connectivity index (χ2n) is 9.47. The van der Waals surface area contributed by atoms with Crippen molar-refractivity contribution in [2.45, 2.75) is 19.3 Å². The van der Waals surface area contributed by atoms with Gasteiger partial charge in [-0.25, -0.2) is 0 Å². The largest absolute Gasteiger partial charge is 0.276 e. The minimum Gasteiger partial charge on any atom is -0.276 e. The van der Waals surface area contributed by atoms with E-state index in [2.05, 4.69) is 66.3 Å². The average Bonchev–Trinajstić information content (AvgIpc) is 3.31. The standard InChI is InChI=1S/C30H21N3O/c1-30(2)23-11-5-3-8-18(23)21-17-27-22(16-24(21)30)19-9-4-6-13-26(19)33(27)29(34)20-10-7-12-25-28(20)32-15-14-31-25/h3-17H,1-2H3. The lowest BCUT2D eigenvalue weighted by atomic mass is 9.82. The molecule has 2 heterocycles. The van der Waals surface area contributed by atoms with E-state index >= 15 is 0 Å². The molecule has 4 aromatic carbocycles. The van der Waals surface area contributed by atoms with Gasteiger partial charge in [-0.05, 0) is 52.6 Å². The van der Waals surface area contributed by atoms with E-state index in [1.165, 1.54) is 22.3 Å². The topological polar surface area (TPSA) is 47.8 Å². The molecule has 0 bridgehead atoms. The number of rotatable bonds is 1. The highest BCUT2D eigenvalue weighted by Gasteiger charge is 2.36. The summed E-state index contributed by atoms with van der Waals surface area (Å²) in [7, 11) is 0. The molecule has 0 spiro atoms. The lowest BCUT2D eigenvalue weighted by molar-refractivity contribution is 0.0971. The molecule has 2 aromatic heterocycles. The van der Waals surface area contributed by atoms with E-state index in [0.29, 0.717) is 16.6 Å². The van der Waals surface area contributed by atoms with Gasteiger partial charge in [0, 0.05) is 28.6 Å². The molecule has 4 heteroatoms. The Morgan fingerprint density at radius 2 is 1.53 bits per heavy atom. The predicted molar refractivity (Wildman–Crippen MR) is 136 cm³/mol. The van der Waals surface area contributed by atoms with E-state index in [4.69, 9.17) is 0 Å². The molecule has 34 heavy (non-hydrogen) atoms. The van der Waals surface area contributed by atoms with Crippen LogP contribution in [0.1, 0.15) is 35.3 Å². The number of carbonyl (C=O) groups is 1. The maximum Gasteiger partial charge on any atom is 0.265 e. The third-order valence-electron chi connectivity index (χ3n) is 7.31. The van der Waals surface area contributed by atoms with Gasteiger partial charge in [0.15, 0.2) is 0 Å². The van der Waals surface area contributed by atoms with Crippen molar-refractivity contribution < 1.29 is 4.79 Å². The van der Waals surface area contributed by atoms with Gasteiger partial charge in [0.25, 0.3) is 5.91 Å². The van der Waals surface area contributed by atoms with Gasteiger partial charge in [-0.2, -0.15) is 0 Å². The summed E-state index contributed by atoms with van der Waals surface area (Å²) in [4.78, 5) is 23.0. The Balaban J connectivity index is 1.58. The van der Waals surface area contributed by atoms with Crippen molar-refractivity contribution >= 4 is 38.7 Å². The molecule has 1 aliphatic carbocycles. The minimum absolute atomic E-state index is 0.0946. The Morgan fingerprint density at radius 1 is 0.735 bits per heavy atom. The smallest absolute Gasteiger partial charge is 0.265 e. The summed E-state index contributed by atoms with van der Waals surface area (Å²) in [5, 5.41) is 2.17. The Morgan fingerprint density at radius 3 is 2.44 bits per heavy atom. The highest BCUT2D eigenvalue weighted by Crippen LogP contribution is 2.50. The number of carbonyl (C=O) groups excluding carboxylic acids is 1. The number of hydrogen-bond acceptors (Lipinski definition) is 3. The summed E-state index contributed by atoms with van der Waals surface area (Å²) in [6.07, 6.45) is 3.29. The van der Waals surface area contributed by atoms with E-state index < -0.39 is 0 Å². The van der Waals surface area contributed by atoms with E-state index in [1.807, 2.05) is 41.0 Å². The number of nitrogens with zero attached hydrogens (tertiary/aromatic N) is 3. The lowest BCUT2D eigenvalue weighted by Gasteiger charge is -2.21. The third kappa shape index (κ3) is 2.40. The molecular formula is C30H21N3O. The normalized spacial score (nSPS) is 13.9. The van der Waals surface area contributed by atoms with Crippen molar-refractivity contribution in [1.29, 1.82) is 0 Å². The van der Waals surface area contributed by atoms with Gasteiger partial charge in [-0.3, -0.25) is 19.3 Å². The summed E-state index contributed by atoms with van der Waals surface area (Å²) in [6, 6.07) is 26.8. The molecule has 6 aromatic rings. The second kappa shape index (κ2) is 6.61. The highest BCUT2D eigenvalue weighted by atomic mass is 16.2. The summed E-state index contributed by atoms with van der Waals surface area (Å²) in [5.74, 6) is -0.0946. The first-order chi connectivity index (χ1) is 16.6. The van der Waals surface area contributed by atoms with Crippen LogP contribution < -0.4 is 0 Å². The van der Waals surface area contributed by atoms with E-state index in [0.717, 1.165) is 21.8 Å². The van der Waals surface area contributed by atoms with Gasteiger partial charge in [0.2, 0.25) is 0 Å². The van der Waals surface area contributed by atoms with Crippen LogP contribution in [0, 0.1) is 0 Å². The summed E-state index contributed by atoms with van der Waals surface area (Å²) >= 11 is 0. The van der Waals surface area contributed by atoms with E-state index in [-0.39, 0.29) is 11.3 Å². The van der Waals surface area contributed by atoms with Gasteiger partial charge in [0.05, 0.1) is 22.1 Å². The fraction of sp³-hybridized carbons (Fsp3) is 0.100. The molecule has 0 saturated carbocycles. The van der Waals surface area contributed by atoms with Crippen LogP contribution in [0.4, 0.5) is 0 Å². The average molecular weight is 440 g/mol. The molecule has 0 saturated heterocycles. The van der Waals surface area contributed by atoms with Gasteiger partial charge in [-0.15, -0.1) is 0 Å². The van der Waals surface area contributed by atoms with Crippen molar-refractivity contribution in [3.8, 4) is 11.1 Å². The van der Waals surface area contributed by atoms with Crippen molar-refractivity contribution in [3.05, 3.63) is 108 Å². The molecule has 0 unspecified atom stereocenters. The number of para-hydroxylation sites is 2. The minimum atomic E-state index is -0.0987. The zero-order valence-electron chi connectivity index (χ0n) is 18.9. The molecule has 0 amide bonds. The van der Waals surface area contributed by atoms with Crippen LogP contribution in [0.5, 0.6) is 0 Å². The van der Waals surface area contributed by atoms with E-state index in [9.17, 15) is 4.79 Å². The van der Waals surface area contributed by atoms with Gasteiger partial charge < -0.3 is 0 Å². The van der Waals surface area contributed by atoms with Crippen molar-refractivity contribution in [3.63, 3.8) is 0 Å². The molecular weight excluding hydrogens is 418 g/mol. The Labute approximate surface area is 196 Å². The zero-order valence-corrected chi connectivity index (χ0v) is 18.9. The first-order valence-electron chi connectivity index (χ1n) is 11.5. The van der Waals surface area contributed by atoms with Gasteiger partial charge >= 0.3 is 0 Å². The Hall–Kier alpha value is -4.31. The Bertz CT molecular complexity index is 1800. The molecule has 0 aliphatic heterocycles. The summed E-state index contributed by atoms with van der Waals surface area (Å²) < 4.78 is 1.85. The molecule has 7 rings (SSSR count). The molecule has 0 N–H and O–H groups in total. The van der Waals surface area contributed by atoms with Crippen LogP contribution in [0.15, 0.2) is 91.3 Å². The fourth-order valence-corrected chi connectivity index (χ4v) is 5.67. The third-order valence-corrected chi connectivity index (χ3v) is 7.31. The maximum absolute atomic E-state index is 14.1. The summed E-state index contributed by atoms with van der Waals surface area (Å²) in [5.41, 5.74) is 8.66. The lowest BCUT2D eigenvalue weighted by Crippen LogP contribution is -2.15. The number of fused-ring (bicyclic) bond motifs is 7.